The van der Waals surface area contributed by atoms with Crippen LogP contribution in [-0.2, 0) is 4.79 Å². The Kier molecular flexibility index (Phi) is 5.95. The highest BCUT2D eigenvalue weighted by Gasteiger charge is 2.15. The van der Waals surface area contributed by atoms with Crippen molar-refractivity contribution in [2.24, 2.45) is 0 Å². The number of unbranched alkanes of at least 4 members (excludes halogenated alkanes) is 2. The minimum absolute atomic E-state index is 0.132. The maximum Gasteiger partial charge on any atom is 0.298 e. The first-order valence-electron chi connectivity index (χ1n) is 6.22. The average molecular weight is 223 g/mol. The minimum atomic E-state index is -0.641. The predicted molar refractivity (Wildman–Crippen MR) is 63.7 cm³/mol. The summed E-state index contributed by atoms with van der Waals surface area (Å²) in [5.41, 5.74) is 0. The van der Waals surface area contributed by atoms with Crippen LogP contribution in [0.3, 0.4) is 0 Å². The Morgan fingerprint density at radius 2 is 2.06 bits per heavy atom. The number of likely N-dealkylation sites (tertiary alicyclic amines) is 1. The molecule has 0 aromatic heterocycles. The summed E-state index contributed by atoms with van der Waals surface area (Å²) in [6.07, 6.45) is 5.40. The normalized spacial score (nSPS) is 16.8. The zero-order valence-corrected chi connectivity index (χ0v) is 10.0. The van der Waals surface area contributed by atoms with Crippen LogP contribution in [0.25, 0.3) is 0 Å². The zero-order chi connectivity index (χ0) is 11.8. The van der Waals surface area contributed by atoms with Gasteiger partial charge in [-0.3, -0.25) is 4.79 Å². The molecule has 0 aliphatic carbocycles. The molecule has 0 bridgehead atoms. The summed E-state index contributed by atoms with van der Waals surface area (Å²) < 4.78 is 0. The molecule has 0 spiro atoms. The minimum Gasteiger partial charge on any atom is -0.380 e. The lowest BCUT2D eigenvalue weighted by Gasteiger charge is -2.10. The number of nitrogens with zero attached hydrogens (tertiary/aromatic N) is 1. The van der Waals surface area contributed by atoms with E-state index in [0.29, 0.717) is 6.42 Å². The lowest BCUT2D eigenvalue weighted by molar-refractivity contribution is -0.124. The van der Waals surface area contributed by atoms with E-state index in [2.05, 4.69) is 18.8 Å². The fourth-order valence-corrected chi connectivity index (χ4v) is 1.80. The van der Waals surface area contributed by atoms with E-state index in [0.717, 1.165) is 45.2 Å². The van der Waals surface area contributed by atoms with Gasteiger partial charge in [-0.15, -0.1) is 0 Å². The van der Waals surface area contributed by atoms with E-state index >= 15 is 0 Å². The van der Waals surface area contributed by atoms with Crippen LogP contribution >= 0.6 is 0 Å². The van der Waals surface area contributed by atoms with Crippen LogP contribution in [0.5, 0.6) is 0 Å². The SMILES string of the molecule is CCCCCC(O)C#CC(=O)N1CCCC1. The van der Waals surface area contributed by atoms with Gasteiger partial charge in [-0.25, -0.2) is 0 Å². The number of carbonyl (C=O) groups excluding carboxylic acids is 1. The van der Waals surface area contributed by atoms with E-state index in [9.17, 15) is 9.90 Å². The summed E-state index contributed by atoms with van der Waals surface area (Å²) in [4.78, 5) is 13.3. The zero-order valence-electron chi connectivity index (χ0n) is 10.0. The Labute approximate surface area is 97.8 Å². The summed E-state index contributed by atoms with van der Waals surface area (Å²) in [6, 6.07) is 0. The summed E-state index contributed by atoms with van der Waals surface area (Å²) in [7, 11) is 0. The van der Waals surface area contributed by atoms with Gasteiger partial charge in [-0.1, -0.05) is 25.7 Å². The highest BCUT2D eigenvalue weighted by atomic mass is 16.3. The Hall–Kier alpha value is -1.01. The molecule has 16 heavy (non-hydrogen) atoms. The molecule has 0 saturated carbocycles. The molecule has 3 nitrogen and oxygen atoms in total. The first-order chi connectivity index (χ1) is 7.74. The molecule has 1 unspecified atom stereocenters. The summed E-state index contributed by atoms with van der Waals surface area (Å²) >= 11 is 0. The van der Waals surface area contributed by atoms with Crippen LogP contribution in [0.1, 0.15) is 45.4 Å². The third kappa shape index (κ3) is 4.67. The van der Waals surface area contributed by atoms with E-state index in [-0.39, 0.29) is 5.91 Å². The second kappa shape index (κ2) is 7.29. The van der Waals surface area contributed by atoms with Crippen molar-refractivity contribution in [3.05, 3.63) is 0 Å². The highest BCUT2D eigenvalue weighted by molar-refractivity contribution is 5.93. The van der Waals surface area contributed by atoms with Gasteiger partial charge in [0.2, 0.25) is 0 Å². The van der Waals surface area contributed by atoms with E-state index in [1.54, 1.807) is 4.90 Å². The van der Waals surface area contributed by atoms with Gasteiger partial charge in [0, 0.05) is 13.1 Å². The van der Waals surface area contributed by atoms with Gasteiger partial charge in [-0.05, 0) is 31.6 Å². The number of hydrogen-bond acceptors (Lipinski definition) is 2. The summed E-state index contributed by atoms with van der Waals surface area (Å²) in [5, 5.41) is 9.52. The molecule has 1 fully saturated rings. The number of hydrogen-bond donors (Lipinski definition) is 1. The van der Waals surface area contributed by atoms with E-state index in [4.69, 9.17) is 0 Å². The van der Waals surface area contributed by atoms with Gasteiger partial charge < -0.3 is 10.0 Å². The van der Waals surface area contributed by atoms with Crippen LogP contribution in [0.4, 0.5) is 0 Å². The summed E-state index contributed by atoms with van der Waals surface area (Å²) in [5.74, 6) is 5.04. The van der Waals surface area contributed by atoms with Gasteiger partial charge in [0.05, 0.1) is 0 Å². The topological polar surface area (TPSA) is 40.5 Å². The maximum atomic E-state index is 11.5. The lowest BCUT2D eigenvalue weighted by Crippen LogP contribution is -2.26. The quantitative estimate of drug-likeness (QED) is 0.580. The first kappa shape index (κ1) is 13.1. The van der Waals surface area contributed by atoms with Crippen LogP contribution in [0.2, 0.25) is 0 Å². The average Bonchev–Trinajstić information content (AvgIpc) is 2.79. The van der Waals surface area contributed by atoms with Crippen molar-refractivity contribution >= 4 is 5.91 Å². The molecule has 1 aliphatic rings. The second-order valence-electron chi connectivity index (χ2n) is 4.28. The maximum absolute atomic E-state index is 11.5. The Balaban J connectivity index is 2.26. The van der Waals surface area contributed by atoms with Crippen LogP contribution in [0.15, 0.2) is 0 Å². The molecule has 1 heterocycles. The number of aliphatic hydroxyl groups excluding tert-OH is 1. The van der Waals surface area contributed by atoms with Crippen molar-refractivity contribution in [1.82, 2.24) is 4.90 Å². The first-order valence-corrected chi connectivity index (χ1v) is 6.22. The van der Waals surface area contributed by atoms with Crippen molar-refractivity contribution < 1.29 is 9.90 Å². The third-order valence-corrected chi connectivity index (χ3v) is 2.82. The monoisotopic (exact) mass is 223 g/mol. The molecule has 3 heteroatoms. The highest BCUT2D eigenvalue weighted by Crippen LogP contribution is 2.07. The number of aliphatic hydroxyl groups is 1. The van der Waals surface area contributed by atoms with Gasteiger partial charge in [0.1, 0.15) is 6.10 Å². The molecule has 1 N–H and O–H groups in total. The Morgan fingerprint density at radius 3 is 2.69 bits per heavy atom. The molecule has 0 aromatic rings. The predicted octanol–water partition coefficient (Wildman–Crippen LogP) is 1.55. The largest absolute Gasteiger partial charge is 0.380 e. The van der Waals surface area contributed by atoms with Crippen molar-refractivity contribution in [2.45, 2.75) is 51.6 Å². The smallest absolute Gasteiger partial charge is 0.298 e. The van der Waals surface area contributed by atoms with E-state index < -0.39 is 6.10 Å². The van der Waals surface area contributed by atoms with Gasteiger partial charge >= 0.3 is 0 Å². The number of carbonyl (C=O) groups is 1. The van der Waals surface area contributed by atoms with Crippen molar-refractivity contribution in [3.63, 3.8) is 0 Å². The van der Waals surface area contributed by atoms with Crippen LogP contribution < -0.4 is 0 Å². The molecule has 1 aliphatic heterocycles. The van der Waals surface area contributed by atoms with Gasteiger partial charge in [0.15, 0.2) is 0 Å². The van der Waals surface area contributed by atoms with Crippen molar-refractivity contribution in [3.8, 4) is 11.8 Å². The molecular formula is C13H21NO2. The molecule has 90 valence electrons. The number of rotatable bonds is 4. The molecule has 1 saturated heterocycles. The standard InChI is InChI=1S/C13H21NO2/c1-2-3-4-7-12(15)8-9-13(16)14-10-5-6-11-14/h12,15H,2-7,10-11H2,1H3. The van der Waals surface area contributed by atoms with E-state index in [1.807, 2.05) is 0 Å². The molecule has 1 rings (SSSR count). The Bertz CT molecular complexity index is 271. The van der Waals surface area contributed by atoms with Gasteiger partial charge in [-0.2, -0.15) is 0 Å². The summed E-state index contributed by atoms with van der Waals surface area (Å²) in [6.45, 7) is 3.76. The molecule has 0 radical (unpaired) electrons. The number of amides is 1. The molecule has 1 amide bonds. The van der Waals surface area contributed by atoms with Crippen molar-refractivity contribution in [2.75, 3.05) is 13.1 Å². The van der Waals surface area contributed by atoms with E-state index in [1.165, 1.54) is 0 Å². The molecule has 1 atom stereocenters. The van der Waals surface area contributed by atoms with Crippen LogP contribution in [-0.4, -0.2) is 35.1 Å². The second-order valence-corrected chi connectivity index (χ2v) is 4.28. The Morgan fingerprint density at radius 1 is 1.38 bits per heavy atom. The fraction of sp³-hybridized carbons (Fsp3) is 0.769. The van der Waals surface area contributed by atoms with Crippen LogP contribution in [0, 0.1) is 11.8 Å². The lowest BCUT2D eigenvalue weighted by atomic mass is 10.1. The molecular weight excluding hydrogens is 202 g/mol. The van der Waals surface area contributed by atoms with Crippen molar-refractivity contribution in [1.29, 1.82) is 0 Å². The molecule has 0 aromatic carbocycles. The van der Waals surface area contributed by atoms with Gasteiger partial charge in [0.25, 0.3) is 5.91 Å². The third-order valence-electron chi connectivity index (χ3n) is 2.82. The fourth-order valence-electron chi connectivity index (χ4n) is 1.80.